The van der Waals surface area contributed by atoms with E-state index in [1.54, 1.807) is 6.92 Å². The summed E-state index contributed by atoms with van der Waals surface area (Å²) < 4.78 is 39.9. The van der Waals surface area contributed by atoms with Crippen LogP contribution in [0.15, 0.2) is 47.4 Å². The molecule has 21 heavy (non-hydrogen) atoms. The van der Waals surface area contributed by atoms with E-state index in [9.17, 15) is 17.6 Å². The molecule has 0 fully saturated rings. The van der Waals surface area contributed by atoms with E-state index in [1.165, 1.54) is 36.4 Å². The number of anilines is 1. The summed E-state index contributed by atoms with van der Waals surface area (Å²) in [5, 5.41) is 0. The Labute approximate surface area is 121 Å². The fourth-order valence-corrected chi connectivity index (χ4v) is 2.83. The van der Waals surface area contributed by atoms with E-state index in [4.69, 9.17) is 5.73 Å². The number of rotatable bonds is 4. The monoisotopic (exact) mass is 308 g/mol. The highest BCUT2D eigenvalue weighted by Crippen LogP contribution is 2.21. The minimum Gasteiger partial charge on any atom is -0.366 e. The molecule has 1 amide bonds. The average molecular weight is 308 g/mol. The quantitative estimate of drug-likeness (QED) is 0.905. The van der Waals surface area contributed by atoms with Crippen molar-refractivity contribution >= 4 is 21.6 Å². The topological polar surface area (TPSA) is 89.3 Å². The van der Waals surface area contributed by atoms with Gasteiger partial charge in [0.15, 0.2) is 0 Å². The second-order valence-electron chi connectivity index (χ2n) is 4.45. The summed E-state index contributed by atoms with van der Waals surface area (Å²) in [7, 11) is -3.86. The van der Waals surface area contributed by atoms with Crippen molar-refractivity contribution in [3.8, 4) is 0 Å². The number of amides is 1. The lowest BCUT2D eigenvalue weighted by Crippen LogP contribution is -2.15. The number of primary amides is 1. The van der Waals surface area contributed by atoms with Crippen LogP contribution in [0.4, 0.5) is 10.1 Å². The third kappa shape index (κ3) is 3.38. The molecular formula is C14H13FN2O3S. The van der Waals surface area contributed by atoms with Gasteiger partial charge in [0.2, 0.25) is 5.91 Å². The molecule has 2 aromatic rings. The highest BCUT2D eigenvalue weighted by Gasteiger charge is 2.16. The van der Waals surface area contributed by atoms with Crippen molar-refractivity contribution in [1.29, 1.82) is 0 Å². The number of carbonyl (C=O) groups excluding carboxylic acids is 1. The smallest absolute Gasteiger partial charge is 0.261 e. The van der Waals surface area contributed by atoms with Gasteiger partial charge in [0.05, 0.1) is 10.6 Å². The predicted octanol–water partition coefficient (Wildman–Crippen LogP) is 2.03. The first-order valence-corrected chi connectivity index (χ1v) is 7.47. The summed E-state index contributed by atoms with van der Waals surface area (Å²) in [6.07, 6.45) is 0. The summed E-state index contributed by atoms with van der Waals surface area (Å²) in [6.45, 7) is 1.66. The Morgan fingerprint density at radius 1 is 1.14 bits per heavy atom. The average Bonchev–Trinajstić information content (AvgIpc) is 2.43. The second kappa shape index (κ2) is 5.53. The molecule has 110 valence electrons. The molecule has 0 aliphatic heterocycles. The number of sulfonamides is 1. The molecule has 5 nitrogen and oxygen atoms in total. The van der Waals surface area contributed by atoms with Crippen molar-refractivity contribution in [1.82, 2.24) is 0 Å². The molecule has 0 saturated heterocycles. The van der Waals surface area contributed by atoms with Crippen LogP contribution < -0.4 is 10.5 Å². The Morgan fingerprint density at radius 2 is 1.76 bits per heavy atom. The van der Waals surface area contributed by atoms with E-state index in [0.717, 1.165) is 6.07 Å². The molecule has 0 aliphatic rings. The molecule has 2 rings (SSSR count). The maximum absolute atomic E-state index is 13.2. The third-order valence-corrected chi connectivity index (χ3v) is 4.27. The maximum Gasteiger partial charge on any atom is 0.261 e. The number of nitrogens with one attached hydrogen (secondary N) is 1. The first-order chi connectivity index (χ1) is 9.79. The molecule has 0 aromatic heterocycles. The summed E-state index contributed by atoms with van der Waals surface area (Å²) in [4.78, 5) is 10.9. The van der Waals surface area contributed by atoms with Gasteiger partial charge in [-0.3, -0.25) is 9.52 Å². The van der Waals surface area contributed by atoms with Crippen LogP contribution in [0.5, 0.6) is 0 Å². The molecule has 0 spiro atoms. The van der Waals surface area contributed by atoms with Gasteiger partial charge in [-0.05, 0) is 48.9 Å². The summed E-state index contributed by atoms with van der Waals surface area (Å²) in [5.74, 6) is -1.18. The zero-order valence-electron chi connectivity index (χ0n) is 11.1. The van der Waals surface area contributed by atoms with Gasteiger partial charge in [-0.15, -0.1) is 0 Å². The molecular weight excluding hydrogens is 295 g/mol. The number of halogens is 1. The summed E-state index contributed by atoms with van der Waals surface area (Å²) in [6, 6.07) is 8.97. The van der Waals surface area contributed by atoms with E-state index in [0.29, 0.717) is 5.56 Å². The molecule has 0 heterocycles. The van der Waals surface area contributed by atoms with Crippen LogP contribution >= 0.6 is 0 Å². The minimum absolute atomic E-state index is 0.0452. The first-order valence-electron chi connectivity index (χ1n) is 5.98. The second-order valence-corrected chi connectivity index (χ2v) is 6.14. The molecule has 2 aromatic carbocycles. The van der Waals surface area contributed by atoms with E-state index < -0.39 is 21.7 Å². The number of carbonyl (C=O) groups is 1. The molecule has 0 atom stereocenters. The number of hydrogen-bond donors (Lipinski definition) is 2. The van der Waals surface area contributed by atoms with Crippen LogP contribution in [0.2, 0.25) is 0 Å². The lowest BCUT2D eigenvalue weighted by atomic mass is 10.2. The molecule has 0 bridgehead atoms. The Bertz CT molecular complexity index is 786. The number of nitrogens with two attached hydrogens (primary N) is 1. The van der Waals surface area contributed by atoms with Crippen LogP contribution in [0.1, 0.15) is 15.9 Å². The van der Waals surface area contributed by atoms with Crippen LogP contribution in [0, 0.1) is 12.7 Å². The summed E-state index contributed by atoms with van der Waals surface area (Å²) >= 11 is 0. The normalized spacial score (nSPS) is 11.1. The van der Waals surface area contributed by atoms with Gasteiger partial charge in [0, 0.05) is 5.56 Å². The van der Waals surface area contributed by atoms with Gasteiger partial charge in [0.1, 0.15) is 5.82 Å². The Morgan fingerprint density at radius 3 is 2.33 bits per heavy atom. The lowest BCUT2D eigenvalue weighted by molar-refractivity contribution is 0.1000. The Kier molecular flexibility index (Phi) is 3.95. The van der Waals surface area contributed by atoms with Crippen molar-refractivity contribution < 1.29 is 17.6 Å². The number of aryl methyl sites for hydroxylation is 1. The molecule has 0 unspecified atom stereocenters. The van der Waals surface area contributed by atoms with Crippen LogP contribution in [0.3, 0.4) is 0 Å². The summed E-state index contributed by atoms with van der Waals surface area (Å²) in [5.41, 5.74) is 6.04. The van der Waals surface area contributed by atoms with Crippen molar-refractivity contribution in [3.05, 3.63) is 59.4 Å². The lowest BCUT2D eigenvalue weighted by Gasteiger charge is -2.10. The molecule has 7 heteroatoms. The Hall–Kier alpha value is -2.41. The standard InChI is InChI=1S/C14H13FN2O3S/c1-9-2-5-11(15)8-13(9)17-21(19,20)12-6-3-10(4-7-12)14(16)18/h2-8,17H,1H3,(H2,16,18). The van der Waals surface area contributed by atoms with E-state index >= 15 is 0 Å². The van der Waals surface area contributed by atoms with Crippen molar-refractivity contribution in [2.75, 3.05) is 4.72 Å². The molecule has 0 saturated carbocycles. The molecule has 0 aliphatic carbocycles. The van der Waals surface area contributed by atoms with Crippen molar-refractivity contribution in [2.24, 2.45) is 5.73 Å². The van der Waals surface area contributed by atoms with Gasteiger partial charge in [-0.25, -0.2) is 12.8 Å². The zero-order chi connectivity index (χ0) is 15.6. The number of hydrogen-bond acceptors (Lipinski definition) is 3. The highest BCUT2D eigenvalue weighted by molar-refractivity contribution is 7.92. The van der Waals surface area contributed by atoms with Crippen LogP contribution in [-0.2, 0) is 10.0 Å². The highest BCUT2D eigenvalue weighted by atomic mass is 32.2. The van der Waals surface area contributed by atoms with Crippen LogP contribution in [-0.4, -0.2) is 14.3 Å². The zero-order valence-corrected chi connectivity index (χ0v) is 11.9. The van der Waals surface area contributed by atoms with E-state index in [1.807, 2.05) is 0 Å². The van der Waals surface area contributed by atoms with Crippen LogP contribution in [0.25, 0.3) is 0 Å². The largest absolute Gasteiger partial charge is 0.366 e. The maximum atomic E-state index is 13.2. The first kappa shape index (κ1) is 15.0. The van der Waals surface area contributed by atoms with E-state index in [-0.39, 0.29) is 16.1 Å². The predicted molar refractivity (Wildman–Crippen MR) is 76.9 cm³/mol. The van der Waals surface area contributed by atoms with Gasteiger partial charge in [-0.2, -0.15) is 0 Å². The van der Waals surface area contributed by atoms with Gasteiger partial charge in [-0.1, -0.05) is 6.07 Å². The SMILES string of the molecule is Cc1ccc(F)cc1NS(=O)(=O)c1ccc(C(N)=O)cc1. The van der Waals surface area contributed by atoms with E-state index in [2.05, 4.69) is 4.72 Å². The fraction of sp³-hybridized carbons (Fsp3) is 0.0714. The van der Waals surface area contributed by atoms with Crippen molar-refractivity contribution in [3.63, 3.8) is 0 Å². The van der Waals surface area contributed by atoms with Gasteiger partial charge >= 0.3 is 0 Å². The fourth-order valence-electron chi connectivity index (χ4n) is 1.71. The van der Waals surface area contributed by atoms with Gasteiger partial charge < -0.3 is 5.73 Å². The molecule has 0 radical (unpaired) electrons. The Balaban J connectivity index is 2.34. The van der Waals surface area contributed by atoms with Crippen molar-refractivity contribution in [2.45, 2.75) is 11.8 Å². The number of benzene rings is 2. The minimum atomic E-state index is -3.86. The third-order valence-electron chi connectivity index (χ3n) is 2.89. The molecule has 3 N–H and O–H groups in total. The van der Waals surface area contributed by atoms with Gasteiger partial charge in [0.25, 0.3) is 10.0 Å².